The van der Waals surface area contributed by atoms with Crippen LogP contribution in [-0.2, 0) is 8.85 Å². The molecule has 0 aromatic carbocycles. The molecule has 0 aliphatic heterocycles. The predicted molar refractivity (Wildman–Crippen MR) is 112 cm³/mol. The lowest BCUT2D eigenvalue weighted by Gasteiger charge is -2.46. The van der Waals surface area contributed by atoms with Crippen molar-refractivity contribution in [3.63, 3.8) is 0 Å². The quantitative estimate of drug-likeness (QED) is 0.364. The lowest BCUT2D eigenvalue weighted by Crippen LogP contribution is -2.52. The Morgan fingerprint density at radius 1 is 0.920 bits per heavy atom. The second-order valence-corrected chi connectivity index (χ2v) is 20.2. The van der Waals surface area contributed by atoms with Gasteiger partial charge in [0.15, 0.2) is 16.6 Å². The first kappa shape index (κ1) is 22.9. The van der Waals surface area contributed by atoms with E-state index in [1.54, 1.807) is 0 Å². The maximum Gasteiger partial charge on any atom is 0.192 e. The fourth-order valence-electron chi connectivity index (χ4n) is 2.70. The summed E-state index contributed by atoms with van der Waals surface area (Å²) in [5, 5.41) is 13.4. The van der Waals surface area contributed by atoms with Crippen LogP contribution in [0.4, 0.5) is 0 Å². The first-order valence-electron chi connectivity index (χ1n) is 9.58. The number of oxime groups is 1. The van der Waals surface area contributed by atoms with Crippen LogP contribution in [-0.4, -0.2) is 39.8 Å². The first-order valence-corrected chi connectivity index (χ1v) is 15.4. The van der Waals surface area contributed by atoms with Gasteiger partial charge in [-0.05, 0) is 42.7 Å². The van der Waals surface area contributed by atoms with E-state index in [0.29, 0.717) is 6.42 Å². The van der Waals surface area contributed by atoms with Crippen molar-refractivity contribution in [2.75, 3.05) is 0 Å². The average molecular weight is 388 g/mol. The molecule has 0 radical (unpaired) electrons. The number of rotatable bonds is 4. The van der Waals surface area contributed by atoms with Gasteiger partial charge in [-0.25, -0.2) is 0 Å². The second-order valence-electron chi connectivity index (χ2n) is 10.7. The molecule has 0 aromatic heterocycles. The van der Waals surface area contributed by atoms with Gasteiger partial charge >= 0.3 is 0 Å². The minimum atomic E-state index is -1.88. The maximum atomic E-state index is 9.51. The highest BCUT2D eigenvalue weighted by molar-refractivity contribution is 6.74. The van der Waals surface area contributed by atoms with Crippen LogP contribution in [0.25, 0.3) is 0 Å². The molecule has 0 saturated heterocycles. The van der Waals surface area contributed by atoms with Crippen molar-refractivity contribution in [3.8, 4) is 0 Å². The molecule has 25 heavy (non-hydrogen) atoms. The summed E-state index contributed by atoms with van der Waals surface area (Å²) in [7, 11) is -3.74. The van der Waals surface area contributed by atoms with Crippen molar-refractivity contribution in [1.82, 2.24) is 0 Å². The summed E-state index contributed by atoms with van der Waals surface area (Å²) in [6.07, 6.45) is 1.74. The van der Waals surface area contributed by atoms with Crippen molar-refractivity contribution in [1.29, 1.82) is 0 Å². The summed E-state index contributed by atoms with van der Waals surface area (Å²) < 4.78 is 13.3. The van der Waals surface area contributed by atoms with E-state index in [1.165, 1.54) is 0 Å². The van der Waals surface area contributed by atoms with Crippen LogP contribution in [0.3, 0.4) is 0 Å². The highest BCUT2D eigenvalue weighted by atomic mass is 28.4. The first-order chi connectivity index (χ1) is 11.0. The zero-order valence-electron chi connectivity index (χ0n) is 18.4. The Morgan fingerprint density at radius 2 is 1.36 bits per heavy atom. The summed E-state index contributed by atoms with van der Waals surface area (Å²) in [4.78, 5) is 0. The van der Waals surface area contributed by atoms with E-state index in [9.17, 15) is 5.21 Å². The van der Waals surface area contributed by atoms with Gasteiger partial charge in [-0.2, -0.15) is 0 Å². The number of hydrogen-bond donors (Lipinski definition) is 1. The second kappa shape index (κ2) is 7.45. The fraction of sp³-hybridized carbons (Fsp3) is 0.947. The maximum absolute atomic E-state index is 9.51. The summed E-state index contributed by atoms with van der Waals surface area (Å²) in [5.74, 6) is 0.137. The third-order valence-corrected chi connectivity index (χ3v) is 15.7. The third kappa shape index (κ3) is 5.40. The topological polar surface area (TPSA) is 51.1 Å². The van der Waals surface area contributed by atoms with Gasteiger partial charge in [-0.3, -0.25) is 0 Å². The van der Waals surface area contributed by atoms with Gasteiger partial charge in [0.25, 0.3) is 0 Å². The average Bonchev–Trinajstić information content (AvgIpc) is 2.38. The highest BCUT2D eigenvalue weighted by Crippen LogP contribution is 2.42. The van der Waals surface area contributed by atoms with Gasteiger partial charge in [0.1, 0.15) is 0 Å². The van der Waals surface area contributed by atoms with Crippen molar-refractivity contribution in [2.24, 2.45) is 11.1 Å². The standard InChI is InChI=1S/C19H41NO3Si2/c1-14-16(20-21)12-15(22-24(8,9)18(2,3)4)13-17(14)23-25(10,11)19(5,6)7/h14-15,17,21H,12-13H2,1-11H3/b20-16+/t14?,15-,17+/m1/s1. The Kier molecular flexibility index (Phi) is 6.81. The Labute approximate surface area is 157 Å². The van der Waals surface area contributed by atoms with Crippen molar-refractivity contribution in [2.45, 2.75) is 110 Å². The van der Waals surface area contributed by atoms with E-state index in [4.69, 9.17) is 8.85 Å². The van der Waals surface area contributed by atoms with Crippen LogP contribution in [0.1, 0.15) is 61.3 Å². The Morgan fingerprint density at radius 3 is 1.76 bits per heavy atom. The summed E-state index contributed by atoms with van der Waals surface area (Å²) in [5.41, 5.74) is 0.818. The third-order valence-electron chi connectivity index (χ3n) is 6.66. The van der Waals surface area contributed by atoms with Gasteiger partial charge < -0.3 is 14.1 Å². The SMILES string of the molecule is CC1/C(=N/O)C[C@@H](O[Si](C)(C)C(C)(C)C)C[C@@H]1O[Si](C)(C)C(C)(C)C. The van der Waals surface area contributed by atoms with Gasteiger partial charge in [0.2, 0.25) is 0 Å². The molecule has 0 heterocycles. The van der Waals surface area contributed by atoms with E-state index in [1.807, 2.05) is 0 Å². The van der Waals surface area contributed by atoms with E-state index >= 15 is 0 Å². The molecule has 1 fully saturated rings. The molecule has 148 valence electrons. The monoisotopic (exact) mass is 387 g/mol. The van der Waals surface area contributed by atoms with Crippen LogP contribution < -0.4 is 0 Å². The Balaban J connectivity index is 3.00. The number of nitrogens with zero attached hydrogens (tertiary/aromatic N) is 1. The fourth-order valence-corrected chi connectivity index (χ4v) is 5.48. The Bertz CT molecular complexity index is 490. The summed E-state index contributed by atoms with van der Waals surface area (Å²) >= 11 is 0. The molecule has 0 amide bonds. The van der Waals surface area contributed by atoms with E-state index < -0.39 is 16.6 Å². The molecule has 0 spiro atoms. The normalized spacial score (nSPS) is 28.4. The zero-order chi connectivity index (χ0) is 19.8. The molecule has 1 unspecified atom stereocenters. The lowest BCUT2D eigenvalue weighted by molar-refractivity contribution is 0.0618. The molecule has 0 aromatic rings. The molecule has 1 rings (SSSR count). The van der Waals surface area contributed by atoms with Gasteiger partial charge in [-0.15, -0.1) is 0 Å². The number of hydrogen-bond acceptors (Lipinski definition) is 4. The summed E-state index contributed by atoms with van der Waals surface area (Å²) in [6.45, 7) is 24.8. The minimum absolute atomic E-state index is 0.0651. The van der Waals surface area contributed by atoms with Crippen molar-refractivity contribution in [3.05, 3.63) is 0 Å². The van der Waals surface area contributed by atoms with Gasteiger partial charge in [0, 0.05) is 12.3 Å². The van der Waals surface area contributed by atoms with Gasteiger partial charge in [0.05, 0.1) is 17.9 Å². The molecule has 3 atom stereocenters. The van der Waals surface area contributed by atoms with E-state index in [-0.39, 0.29) is 28.2 Å². The van der Waals surface area contributed by atoms with E-state index in [2.05, 4.69) is 79.8 Å². The molecule has 1 aliphatic rings. The highest BCUT2D eigenvalue weighted by Gasteiger charge is 2.45. The van der Waals surface area contributed by atoms with Crippen LogP contribution >= 0.6 is 0 Å². The summed E-state index contributed by atoms with van der Waals surface area (Å²) in [6, 6.07) is 0. The minimum Gasteiger partial charge on any atom is -0.413 e. The van der Waals surface area contributed by atoms with Crippen molar-refractivity contribution >= 4 is 22.3 Å². The molecule has 0 bridgehead atoms. The zero-order valence-corrected chi connectivity index (χ0v) is 20.4. The van der Waals surface area contributed by atoms with Crippen LogP contribution in [0.15, 0.2) is 5.16 Å². The molecule has 1 saturated carbocycles. The molecule has 4 nitrogen and oxygen atoms in total. The molecular weight excluding hydrogens is 346 g/mol. The molecule has 1 aliphatic carbocycles. The van der Waals surface area contributed by atoms with Gasteiger partial charge in [-0.1, -0.05) is 53.6 Å². The Hall–Kier alpha value is -0.176. The molecule has 6 heteroatoms. The van der Waals surface area contributed by atoms with Crippen LogP contribution in [0.5, 0.6) is 0 Å². The smallest absolute Gasteiger partial charge is 0.192 e. The molecule has 1 N–H and O–H groups in total. The van der Waals surface area contributed by atoms with Crippen LogP contribution in [0.2, 0.25) is 36.3 Å². The van der Waals surface area contributed by atoms with E-state index in [0.717, 1.165) is 12.1 Å². The molecular formula is C19H41NO3Si2. The lowest BCUT2D eigenvalue weighted by atomic mass is 9.84. The van der Waals surface area contributed by atoms with Crippen molar-refractivity contribution < 1.29 is 14.1 Å². The van der Waals surface area contributed by atoms with Crippen LogP contribution in [0, 0.1) is 5.92 Å². The largest absolute Gasteiger partial charge is 0.413 e. The predicted octanol–water partition coefficient (Wildman–Crippen LogP) is 6.03.